The van der Waals surface area contributed by atoms with E-state index in [9.17, 15) is 0 Å². The van der Waals surface area contributed by atoms with Crippen molar-refractivity contribution in [2.45, 2.75) is 13.8 Å². The molecule has 0 saturated heterocycles. The zero-order valence-electron chi connectivity index (χ0n) is 12.2. The molecule has 4 aromatic rings. The zero-order valence-corrected chi connectivity index (χ0v) is 13.0. The van der Waals surface area contributed by atoms with Crippen LogP contribution in [0.2, 0.25) is 0 Å². The second kappa shape index (κ2) is 4.71. The van der Waals surface area contributed by atoms with Crippen LogP contribution in [0.15, 0.2) is 60.7 Å². The minimum absolute atomic E-state index is 1.33. The molecule has 0 radical (unpaired) electrons. The van der Waals surface area contributed by atoms with E-state index in [1.807, 2.05) is 11.3 Å². The fourth-order valence-electron chi connectivity index (χ4n) is 3.04. The summed E-state index contributed by atoms with van der Waals surface area (Å²) in [5.74, 6) is 0. The molecule has 0 aliphatic rings. The zero-order chi connectivity index (χ0) is 14.4. The molecule has 0 amide bonds. The second-order valence-corrected chi connectivity index (χ2v) is 6.66. The standard InChI is InChI=1S/C20H16S/c1-13-7-3-4-8-15(13)17-12-18-16-9-5-6-10-19(16)21-20(18)11-14(17)2/h3-12H,1-2H3. The average Bonchev–Trinajstić information content (AvgIpc) is 2.84. The molecule has 0 atom stereocenters. The summed E-state index contributed by atoms with van der Waals surface area (Å²) in [5, 5.41) is 2.74. The minimum atomic E-state index is 1.33. The van der Waals surface area contributed by atoms with Crippen molar-refractivity contribution in [1.82, 2.24) is 0 Å². The Balaban J connectivity index is 2.08. The average molecular weight is 288 g/mol. The SMILES string of the molecule is Cc1ccccc1-c1cc2c(cc1C)sc1ccccc12. The molecule has 102 valence electrons. The van der Waals surface area contributed by atoms with Crippen LogP contribution in [-0.4, -0.2) is 0 Å². The Morgan fingerprint density at radius 3 is 2.24 bits per heavy atom. The van der Waals surface area contributed by atoms with E-state index in [-0.39, 0.29) is 0 Å². The summed E-state index contributed by atoms with van der Waals surface area (Å²) in [6.45, 7) is 4.40. The van der Waals surface area contributed by atoms with Crippen LogP contribution in [0, 0.1) is 13.8 Å². The van der Waals surface area contributed by atoms with Gasteiger partial charge in [-0.3, -0.25) is 0 Å². The van der Waals surface area contributed by atoms with E-state index >= 15 is 0 Å². The van der Waals surface area contributed by atoms with Crippen molar-refractivity contribution in [1.29, 1.82) is 0 Å². The van der Waals surface area contributed by atoms with Crippen LogP contribution in [0.3, 0.4) is 0 Å². The predicted molar refractivity (Wildman–Crippen MR) is 94.2 cm³/mol. The third kappa shape index (κ3) is 1.97. The molecule has 0 nitrogen and oxygen atoms in total. The van der Waals surface area contributed by atoms with Gasteiger partial charge in [-0.15, -0.1) is 11.3 Å². The molecule has 0 spiro atoms. The van der Waals surface area contributed by atoms with Crippen molar-refractivity contribution in [3.63, 3.8) is 0 Å². The smallest absolute Gasteiger partial charge is 0.0358 e. The van der Waals surface area contributed by atoms with E-state index < -0.39 is 0 Å². The highest BCUT2D eigenvalue weighted by molar-refractivity contribution is 7.25. The molecule has 1 heteroatoms. The Morgan fingerprint density at radius 2 is 1.38 bits per heavy atom. The molecule has 3 aromatic carbocycles. The van der Waals surface area contributed by atoms with Gasteiger partial charge in [0.2, 0.25) is 0 Å². The lowest BCUT2D eigenvalue weighted by molar-refractivity contribution is 1.43. The van der Waals surface area contributed by atoms with E-state index in [0.717, 1.165) is 0 Å². The van der Waals surface area contributed by atoms with Crippen LogP contribution in [0.5, 0.6) is 0 Å². The second-order valence-electron chi connectivity index (χ2n) is 5.58. The van der Waals surface area contributed by atoms with Gasteiger partial charge in [0.1, 0.15) is 0 Å². The van der Waals surface area contributed by atoms with E-state index in [0.29, 0.717) is 0 Å². The Labute approximate surface area is 128 Å². The number of rotatable bonds is 1. The van der Waals surface area contributed by atoms with Gasteiger partial charge in [-0.25, -0.2) is 0 Å². The Bertz CT molecular complexity index is 960. The van der Waals surface area contributed by atoms with Crippen LogP contribution in [0.1, 0.15) is 11.1 Å². The van der Waals surface area contributed by atoms with Gasteiger partial charge in [0, 0.05) is 20.2 Å². The molecule has 0 saturated carbocycles. The first-order chi connectivity index (χ1) is 10.2. The fourth-order valence-corrected chi connectivity index (χ4v) is 4.22. The van der Waals surface area contributed by atoms with E-state index in [1.54, 1.807) is 0 Å². The maximum absolute atomic E-state index is 2.37. The number of thiophene rings is 1. The highest BCUT2D eigenvalue weighted by Crippen LogP contribution is 2.38. The topological polar surface area (TPSA) is 0 Å². The molecule has 0 aliphatic carbocycles. The normalized spacial score (nSPS) is 11.3. The van der Waals surface area contributed by atoms with E-state index in [2.05, 4.69) is 74.5 Å². The lowest BCUT2D eigenvalue weighted by Crippen LogP contribution is -1.86. The number of hydrogen-bond donors (Lipinski definition) is 0. The first-order valence-electron chi connectivity index (χ1n) is 7.22. The quantitative estimate of drug-likeness (QED) is 0.383. The predicted octanol–water partition coefficient (Wildman–Crippen LogP) is 6.34. The van der Waals surface area contributed by atoms with Crippen LogP contribution in [-0.2, 0) is 0 Å². The highest BCUT2D eigenvalue weighted by Gasteiger charge is 2.10. The van der Waals surface area contributed by atoms with Gasteiger partial charge in [0.15, 0.2) is 0 Å². The molecule has 0 N–H and O–H groups in total. The van der Waals surface area contributed by atoms with Crippen molar-refractivity contribution in [3.8, 4) is 11.1 Å². The van der Waals surface area contributed by atoms with Crippen LogP contribution < -0.4 is 0 Å². The summed E-state index contributed by atoms with van der Waals surface area (Å²) in [4.78, 5) is 0. The molecule has 0 aliphatic heterocycles. The van der Waals surface area contributed by atoms with E-state index in [1.165, 1.54) is 42.4 Å². The fraction of sp³-hybridized carbons (Fsp3) is 0.100. The maximum atomic E-state index is 2.37. The lowest BCUT2D eigenvalue weighted by atomic mass is 9.95. The summed E-state index contributed by atoms with van der Waals surface area (Å²) >= 11 is 1.88. The van der Waals surface area contributed by atoms with Gasteiger partial charge >= 0.3 is 0 Å². The Hall–Kier alpha value is -2.12. The number of fused-ring (bicyclic) bond motifs is 3. The third-order valence-electron chi connectivity index (χ3n) is 4.16. The van der Waals surface area contributed by atoms with Gasteiger partial charge in [-0.2, -0.15) is 0 Å². The van der Waals surface area contributed by atoms with Crippen LogP contribution in [0.25, 0.3) is 31.3 Å². The summed E-state index contributed by atoms with van der Waals surface area (Å²) < 4.78 is 2.75. The first-order valence-corrected chi connectivity index (χ1v) is 8.03. The van der Waals surface area contributed by atoms with Gasteiger partial charge < -0.3 is 0 Å². The molecule has 0 unspecified atom stereocenters. The van der Waals surface area contributed by atoms with Crippen molar-refractivity contribution in [2.75, 3.05) is 0 Å². The lowest BCUT2D eigenvalue weighted by Gasteiger charge is -2.10. The maximum Gasteiger partial charge on any atom is 0.0358 e. The molecule has 0 bridgehead atoms. The molecule has 1 heterocycles. The molecule has 21 heavy (non-hydrogen) atoms. The monoisotopic (exact) mass is 288 g/mol. The summed E-state index contributed by atoms with van der Waals surface area (Å²) in [6.07, 6.45) is 0. The van der Waals surface area contributed by atoms with Crippen LogP contribution >= 0.6 is 11.3 Å². The largest absolute Gasteiger partial charge is 0.135 e. The summed E-state index contributed by atoms with van der Waals surface area (Å²) in [6, 6.07) is 22.0. The highest BCUT2D eigenvalue weighted by atomic mass is 32.1. The van der Waals surface area contributed by atoms with Crippen molar-refractivity contribution in [3.05, 3.63) is 71.8 Å². The van der Waals surface area contributed by atoms with Crippen molar-refractivity contribution < 1.29 is 0 Å². The van der Waals surface area contributed by atoms with E-state index in [4.69, 9.17) is 0 Å². The van der Waals surface area contributed by atoms with Gasteiger partial charge in [0.25, 0.3) is 0 Å². The minimum Gasteiger partial charge on any atom is -0.135 e. The molecular formula is C20H16S. The molecular weight excluding hydrogens is 272 g/mol. The number of benzene rings is 3. The summed E-state index contributed by atoms with van der Waals surface area (Å²) in [7, 11) is 0. The Morgan fingerprint density at radius 1 is 0.619 bits per heavy atom. The molecule has 1 aromatic heterocycles. The van der Waals surface area contributed by atoms with Crippen molar-refractivity contribution >= 4 is 31.5 Å². The third-order valence-corrected chi connectivity index (χ3v) is 5.29. The first kappa shape index (κ1) is 12.6. The molecule has 4 rings (SSSR count). The van der Waals surface area contributed by atoms with Gasteiger partial charge in [-0.05, 0) is 54.3 Å². The number of aryl methyl sites for hydroxylation is 2. The van der Waals surface area contributed by atoms with Crippen molar-refractivity contribution in [2.24, 2.45) is 0 Å². The van der Waals surface area contributed by atoms with Gasteiger partial charge in [-0.1, -0.05) is 42.5 Å². The van der Waals surface area contributed by atoms with Crippen LogP contribution in [0.4, 0.5) is 0 Å². The molecule has 0 fully saturated rings. The number of hydrogen-bond acceptors (Lipinski definition) is 1. The Kier molecular flexibility index (Phi) is 2.83. The summed E-state index contributed by atoms with van der Waals surface area (Å²) in [5.41, 5.74) is 5.37. The van der Waals surface area contributed by atoms with Gasteiger partial charge in [0.05, 0.1) is 0 Å².